The maximum atomic E-state index is 12.5. The van der Waals surface area contributed by atoms with Crippen LogP contribution in [0.4, 0.5) is 11.4 Å². The molecule has 0 aliphatic rings. The number of aryl methyl sites for hydroxylation is 3. The van der Waals surface area contributed by atoms with Gasteiger partial charge < -0.3 is 10.1 Å². The van der Waals surface area contributed by atoms with Crippen LogP contribution in [-0.4, -0.2) is 27.7 Å². The fourth-order valence-corrected chi connectivity index (χ4v) is 2.54. The van der Waals surface area contributed by atoms with Gasteiger partial charge >= 0.3 is 0 Å². The number of methoxy groups -OCH3 is 1. The molecule has 1 aromatic heterocycles. The Morgan fingerprint density at radius 2 is 2.09 bits per heavy atom. The van der Waals surface area contributed by atoms with Crippen molar-refractivity contribution in [3.63, 3.8) is 0 Å². The zero-order valence-corrected chi connectivity index (χ0v) is 13.8. The molecule has 0 radical (unpaired) electrons. The van der Waals surface area contributed by atoms with Crippen LogP contribution < -0.4 is 10.1 Å². The van der Waals surface area contributed by atoms with E-state index in [2.05, 4.69) is 10.4 Å². The second-order valence-electron chi connectivity index (χ2n) is 4.92. The van der Waals surface area contributed by atoms with E-state index in [0.29, 0.717) is 22.8 Å². The highest BCUT2D eigenvalue weighted by atomic mass is 35.5. The maximum Gasteiger partial charge on any atom is 0.289 e. The summed E-state index contributed by atoms with van der Waals surface area (Å²) in [4.78, 5) is 22.9. The average molecular weight is 339 g/mol. The molecule has 0 saturated carbocycles. The lowest BCUT2D eigenvalue weighted by atomic mass is 10.1. The lowest BCUT2D eigenvalue weighted by Crippen LogP contribution is -2.15. The van der Waals surface area contributed by atoms with E-state index < -0.39 is 10.8 Å². The number of nitrogens with zero attached hydrogens (tertiary/aromatic N) is 3. The number of hydrogen-bond acceptors (Lipinski definition) is 5. The monoisotopic (exact) mass is 338 g/mol. The molecule has 1 heterocycles. The van der Waals surface area contributed by atoms with Gasteiger partial charge in [-0.1, -0.05) is 11.6 Å². The highest BCUT2D eigenvalue weighted by molar-refractivity contribution is 6.32. The van der Waals surface area contributed by atoms with Gasteiger partial charge in [0.1, 0.15) is 10.6 Å². The van der Waals surface area contributed by atoms with Crippen LogP contribution in [0.3, 0.4) is 0 Å². The van der Waals surface area contributed by atoms with Gasteiger partial charge in [0.05, 0.1) is 23.4 Å². The Hall–Kier alpha value is -2.61. The molecule has 9 heteroatoms. The molecular formula is C14H15ClN4O4. The van der Waals surface area contributed by atoms with Crippen molar-refractivity contribution in [3.8, 4) is 5.88 Å². The van der Waals surface area contributed by atoms with Crippen LogP contribution in [-0.2, 0) is 7.05 Å². The quantitative estimate of drug-likeness (QED) is 0.682. The Bertz CT molecular complexity index is 801. The lowest BCUT2D eigenvalue weighted by Gasteiger charge is -2.10. The van der Waals surface area contributed by atoms with Crippen molar-refractivity contribution >= 4 is 28.9 Å². The van der Waals surface area contributed by atoms with Gasteiger partial charge in [-0.2, -0.15) is 5.10 Å². The predicted molar refractivity (Wildman–Crippen MR) is 85.3 cm³/mol. The fraction of sp³-hybridized carbons (Fsp3) is 0.286. The molecule has 122 valence electrons. The topological polar surface area (TPSA) is 99.3 Å². The Labute approximate surface area is 137 Å². The molecule has 1 amide bonds. The number of nitro groups is 1. The minimum Gasteiger partial charge on any atom is -0.481 e. The zero-order chi connectivity index (χ0) is 17.3. The number of aromatic nitrogens is 2. The first-order chi connectivity index (χ1) is 10.8. The van der Waals surface area contributed by atoms with Crippen LogP contribution in [0.15, 0.2) is 12.1 Å². The highest BCUT2D eigenvalue weighted by Gasteiger charge is 2.23. The zero-order valence-electron chi connectivity index (χ0n) is 13.0. The van der Waals surface area contributed by atoms with Crippen molar-refractivity contribution in [1.29, 1.82) is 0 Å². The number of carbonyl (C=O) groups excluding carboxylic acids is 1. The van der Waals surface area contributed by atoms with Gasteiger partial charge in [-0.3, -0.25) is 14.9 Å². The highest BCUT2D eigenvalue weighted by Crippen LogP contribution is 2.31. The molecule has 0 aliphatic heterocycles. The molecule has 0 aliphatic carbocycles. The van der Waals surface area contributed by atoms with E-state index in [1.165, 1.54) is 23.9 Å². The van der Waals surface area contributed by atoms with Crippen LogP contribution in [0, 0.1) is 24.0 Å². The third-order valence-electron chi connectivity index (χ3n) is 3.33. The standard InChI is InChI=1S/C14H15ClN4O4/c1-7-5-9(15)11(19(21)22)6-10(7)16-13(20)12-8(2)17-18(3)14(12)23-4/h5-6H,1-4H3,(H,16,20). The molecule has 8 nitrogen and oxygen atoms in total. The molecule has 0 unspecified atom stereocenters. The first-order valence-corrected chi connectivity index (χ1v) is 6.97. The smallest absolute Gasteiger partial charge is 0.289 e. The summed E-state index contributed by atoms with van der Waals surface area (Å²) in [6.07, 6.45) is 0. The van der Waals surface area contributed by atoms with E-state index in [0.717, 1.165) is 0 Å². The van der Waals surface area contributed by atoms with Crippen LogP contribution >= 0.6 is 11.6 Å². The molecule has 0 fully saturated rings. The first kappa shape index (κ1) is 16.8. The summed E-state index contributed by atoms with van der Waals surface area (Å²) in [6.45, 7) is 3.37. The van der Waals surface area contributed by atoms with E-state index >= 15 is 0 Å². The van der Waals surface area contributed by atoms with E-state index in [1.807, 2.05) is 0 Å². The normalized spacial score (nSPS) is 10.5. The number of halogens is 1. The SMILES string of the molecule is COc1c(C(=O)Nc2cc([N+](=O)[O-])c(Cl)cc2C)c(C)nn1C. The number of rotatable bonds is 4. The van der Waals surface area contributed by atoms with Crippen molar-refractivity contribution in [1.82, 2.24) is 9.78 Å². The van der Waals surface area contributed by atoms with Crippen molar-refractivity contribution < 1.29 is 14.5 Å². The van der Waals surface area contributed by atoms with Crippen molar-refractivity contribution in [2.45, 2.75) is 13.8 Å². The molecular weight excluding hydrogens is 324 g/mol. The van der Waals surface area contributed by atoms with Gasteiger partial charge in [0.15, 0.2) is 0 Å². The van der Waals surface area contributed by atoms with E-state index in [1.54, 1.807) is 20.9 Å². The largest absolute Gasteiger partial charge is 0.481 e. The molecule has 0 atom stereocenters. The third kappa shape index (κ3) is 3.11. The summed E-state index contributed by atoms with van der Waals surface area (Å²) in [7, 11) is 3.09. The van der Waals surface area contributed by atoms with Crippen LogP contribution in [0.25, 0.3) is 0 Å². The molecule has 2 rings (SSSR count). The van der Waals surface area contributed by atoms with Crippen LogP contribution in [0.2, 0.25) is 5.02 Å². The number of ether oxygens (including phenoxy) is 1. The molecule has 0 bridgehead atoms. The van der Waals surface area contributed by atoms with Crippen molar-refractivity contribution in [3.05, 3.63) is 44.1 Å². The van der Waals surface area contributed by atoms with Gasteiger partial charge in [-0.05, 0) is 25.5 Å². The molecule has 0 spiro atoms. The Kier molecular flexibility index (Phi) is 4.55. The van der Waals surface area contributed by atoms with E-state index in [4.69, 9.17) is 16.3 Å². The number of benzene rings is 1. The van der Waals surface area contributed by atoms with Gasteiger partial charge in [-0.15, -0.1) is 0 Å². The predicted octanol–water partition coefficient (Wildman–Crippen LogP) is 2.86. The number of nitro benzene ring substituents is 1. The molecule has 2 aromatic rings. The maximum absolute atomic E-state index is 12.5. The first-order valence-electron chi connectivity index (χ1n) is 6.59. The van der Waals surface area contributed by atoms with Gasteiger partial charge in [0.2, 0.25) is 5.88 Å². The summed E-state index contributed by atoms with van der Waals surface area (Å²) in [5.41, 5.74) is 1.39. The average Bonchev–Trinajstić information content (AvgIpc) is 2.75. The van der Waals surface area contributed by atoms with Crippen molar-refractivity contribution in [2.24, 2.45) is 7.05 Å². The second kappa shape index (κ2) is 6.25. The van der Waals surface area contributed by atoms with Gasteiger partial charge in [0.25, 0.3) is 11.6 Å². The summed E-state index contributed by atoms with van der Waals surface area (Å²) < 4.78 is 6.62. The number of anilines is 1. The molecule has 1 aromatic carbocycles. The summed E-state index contributed by atoms with van der Waals surface area (Å²) >= 11 is 5.84. The number of carbonyl (C=O) groups is 1. The van der Waals surface area contributed by atoms with E-state index in [-0.39, 0.29) is 16.3 Å². The molecule has 1 N–H and O–H groups in total. The van der Waals surface area contributed by atoms with Crippen LogP contribution in [0.1, 0.15) is 21.6 Å². The van der Waals surface area contributed by atoms with Gasteiger partial charge in [0, 0.05) is 13.1 Å². The lowest BCUT2D eigenvalue weighted by molar-refractivity contribution is -0.384. The number of amides is 1. The number of hydrogen-bond donors (Lipinski definition) is 1. The molecule has 23 heavy (non-hydrogen) atoms. The van der Waals surface area contributed by atoms with Crippen LogP contribution in [0.5, 0.6) is 5.88 Å². The van der Waals surface area contributed by atoms with E-state index in [9.17, 15) is 14.9 Å². The Morgan fingerprint density at radius 3 is 2.65 bits per heavy atom. The van der Waals surface area contributed by atoms with Crippen molar-refractivity contribution in [2.75, 3.05) is 12.4 Å². The Balaban J connectivity index is 2.42. The second-order valence-corrected chi connectivity index (χ2v) is 5.33. The Morgan fingerprint density at radius 1 is 1.43 bits per heavy atom. The van der Waals surface area contributed by atoms with Gasteiger partial charge in [-0.25, -0.2) is 4.68 Å². The third-order valence-corrected chi connectivity index (χ3v) is 3.63. The summed E-state index contributed by atoms with van der Waals surface area (Å²) in [5, 5.41) is 17.8. The fourth-order valence-electron chi connectivity index (χ4n) is 2.25. The minimum absolute atomic E-state index is 0.0145. The summed E-state index contributed by atoms with van der Waals surface area (Å²) in [6, 6.07) is 2.66. The number of nitrogens with one attached hydrogen (secondary N) is 1. The molecule has 0 saturated heterocycles. The summed E-state index contributed by atoms with van der Waals surface area (Å²) in [5.74, 6) is -0.159. The minimum atomic E-state index is -0.604.